The van der Waals surface area contributed by atoms with Crippen LogP contribution in [0.5, 0.6) is 5.75 Å². The highest BCUT2D eigenvalue weighted by Crippen LogP contribution is 2.34. The maximum atomic E-state index is 13.4. The number of ether oxygens (including phenoxy) is 2. The number of morpholine rings is 1. The van der Waals surface area contributed by atoms with E-state index in [1.807, 2.05) is 31.2 Å². The predicted octanol–water partition coefficient (Wildman–Crippen LogP) is 3.91. The molecule has 0 unspecified atom stereocenters. The monoisotopic (exact) mass is 440 g/mol. The summed E-state index contributed by atoms with van der Waals surface area (Å²) in [5.74, 6) is 1.38. The Labute approximate surface area is 185 Å². The van der Waals surface area contributed by atoms with Crippen LogP contribution in [0.4, 0.5) is 0 Å². The Balaban J connectivity index is 1.46. The minimum Gasteiger partial charge on any atom is -0.478 e. The Hall–Kier alpha value is -2.38. The van der Waals surface area contributed by atoms with Crippen LogP contribution in [0.3, 0.4) is 0 Å². The van der Waals surface area contributed by atoms with Crippen LogP contribution in [-0.4, -0.2) is 55.9 Å². The first-order valence-electron chi connectivity index (χ1n) is 10.6. The van der Waals surface area contributed by atoms with Crippen molar-refractivity contribution in [3.8, 4) is 16.9 Å². The first-order valence-corrected chi connectivity index (χ1v) is 11.0. The number of halogens is 1. The fourth-order valence-electron chi connectivity index (χ4n) is 4.32. The number of rotatable bonds is 4. The second kappa shape index (κ2) is 8.63. The molecule has 0 bridgehead atoms. The molecule has 5 rings (SSSR count). The number of hydrogen-bond acceptors (Lipinski definition) is 6. The van der Waals surface area contributed by atoms with Crippen LogP contribution >= 0.6 is 11.6 Å². The summed E-state index contributed by atoms with van der Waals surface area (Å²) in [5.41, 5.74) is 2.90. The Morgan fingerprint density at radius 3 is 2.52 bits per heavy atom. The van der Waals surface area contributed by atoms with E-state index in [1.54, 1.807) is 12.1 Å². The topological polar surface area (TPSA) is 55.2 Å². The maximum Gasteiger partial charge on any atom is 0.200 e. The third-order valence-corrected chi connectivity index (χ3v) is 6.30. The molecule has 7 heteroatoms. The van der Waals surface area contributed by atoms with Crippen LogP contribution in [0.15, 0.2) is 45.6 Å². The molecule has 0 saturated carbocycles. The van der Waals surface area contributed by atoms with Crippen LogP contribution in [0, 0.1) is 6.92 Å². The Morgan fingerprint density at radius 1 is 1.00 bits per heavy atom. The highest BCUT2D eigenvalue weighted by Gasteiger charge is 2.24. The summed E-state index contributed by atoms with van der Waals surface area (Å²) in [6.45, 7) is 8.46. The first-order chi connectivity index (χ1) is 15.1. The van der Waals surface area contributed by atoms with Gasteiger partial charge in [0.1, 0.15) is 23.8 Å². The zero-order chi connectivity index (χ0) is 21.4. The average Bonchev–Trinajstić information content (AvgIpc) is 2.79. The smallest absolute Gasteiger partial charge is 0.200 e. The Kier molecular flexibility index (Phi) is 5.71. The number of hydrogen-bond donors (Lipinski definition) is 0. The molecular formula is C24H25ClN2O4. The third kappa shape index (κ3) is 4.08. The molecule has 2 aromatic carbocycles. The molecule has 0 amide bonds. The molecule has 2 aliphatic rings. The summed E-state index contributed by atoms with van der Waals surface area (Å²) in [6, 6.07) is 11.0. The minimum absolute atomic E-state index is 0.0330. The van der Waals surface area contributed by atoms with Crippen molar-refractivity contribution in [1.29, 1.82) is 0 Å². The van der Waals surface area contributed by atoms with E-state index >= 15 is 0 Å². The highest BCUT2D eigenvalue weighted by atomic mass is 35.5. The summed E-state index contributed by atoms with van der Waals surface area (Å²) in [5, 5.41) is 1.21. The maximum absolute atomic E-state index is 13.4. The van der Waals surface area contributed by atoms with Gasteiger partial charge in [-0.2, -0.15) is 0 Å². The lowest BCUT2D eigenvalue weighted by atomic mass is 10.0. The van der Waals surface area contributed by atoms with Gasteiger partial charge in [-0.25, -0.2) is 0 Å². The zero-order valence-electron chi connectivity index (χ0n) is 17.5. The van der Waals surface area contributed by atoms with Gasteiger partial charge in [-0.05, 0) is 36.8 Å². The normalized spacial score (nSPS) is 17.5. The molecular weight excluding hydrogens is 416 g/mol. The van der Waals surface area contributed by atoms with E-state index in [4.69, 9.17) is 25.5 Å². The highest BCUT2D eigenvalue weighted by molar-refractivity contribution is 6.30. The number of fused-ring (bicyclic) bond motifs is 3. The van der Waals surface area contributed by atoms with Gasteiger partial charge in [-0.1, -0.05) is 23.7 Å². The van der Waals surface area contributed by atoms with E-state index in [1.165, 1.54) is 0 Å². The summed E-state index contributed by atoms with van der Waals surface area (Å²) in [6.07, 6.45) is 0. The van der Waals surface area contributed by atoms with Gasteiger partial charge >= 0.3 is 0 Å². The van der Waals surface area contributed by atoms with Gasteiger partial charge in [0.25, 0.3) is 0 Å². The van der Waals surface area contributed by atoms with Gasteiger partial charge in [-0.15, -0.1) is 0 Å². The molecule has 0 radical (unpaired) electrons. The number of nitrogens with zero attached hydrogens (tertiary/aromatic N) is 2. The lowest BCUT2D eigenvalue weighted by molar-refractivity contribution is 0.0241. The van der Waals surface area contributed by atoms with Crippen molar-refractivity contribution in [1.82, 2.24) is 9.80 Å². The molecule has 3 aromatic rings. The Bertz CT molecular complexity index is 1150. The molecule has 0 atom stereocenters. The lowest BCUT2D eigenvalue weighted by Gasteiger charge is -2.32. The van der Waals surface area contributed by atoms with Crippen LogP contribution in [0.2, 0.25) is 5.02 Å². The van der Waals surface area contributed by atoms with Crippen LogP contribution in [-0.2, 0) is 11.3 Å². The molecule has 0 aliphatic carbocycles. The van der Waals surface area contributed by atoms with E-state index in [0.29, 0.717) is 40.6 Å². The standard InChI is InChI=1S/C24H25ClN2O4/c1-16-22(17-2-4-18(25)5-3-17)23(28)19-6-7-21-20(24(19)31-16)14-27(15-30-21)9-8-26-10-12-29-13-11-26/h2-7H,8-15H2,1H3. The second-order valence-electron chi connectivity index (χ2n) is 8.07. The predicted molar refractivity (Wildman–Crippen MR) is 121 cm³/mol. The van der Waals surface area contributed by atoms with E-state index in [9.17, 15) is 4.79 Å². The molecule has 6 nitrogen and oxygen atoms in total. The fraction of sp³-hybridized carbons (Fsp3) is 0.375. The third-order valence-electron chi connectivity index (χ3n) is 6.05. The van der Waals surface area contributed by atoms with Crippen molar-refractivity contribution in [2.24, 2.45) is 0 Å². The van der Waals surface area contributed by atoms with Gasteiger partial charge in [0.2, 0.25) is 5.43 Å². The van der Waals surface area contributed by atoms with E-state index in [0.717, 1.165) is 56.3 Å². The van der Waals surface area contributed by atoms with Gasteiger partial charge in [-0.3, -0.25) is 14.6 Å². The average molecular weight is 441 g/mol. The summed E-state index contributed by atoms with van der Waals surface area (Å²) < 4.78 is 17.7. The van der Waals surface area contributed by atoms with Crippen molar-refractivity contribution >= 4 is 22.6 Å². The summed E-state index contributed by atoms with van der Waals surface area (Å²) >= 11 is 6.01. The van der Waals surface area contributed by atoms with Crippen molar-refractivity contribution in [2.75, 3.05) is 46.1 Å². The van der Waals surface area contributed by atoms with E-state index in [2.05, 4.69) is 9.80 Å². The second-order valence-corrected chi connectivity index (χ2v) is 8.50. The quantitative estimate of drug-likeness (QED) is 0.613. The molecule has 162 valence electrons. The molecule has 1 fully saturated rings. The van der Waals surface area contributed by atoms with Gasteiger partial charge in [0, 0.05) is 37.7 Å². The Morgan fingerprint density at radius 2 is 1.74 bits per heavy atom. The molecule has 2 aliphatic heterocycles. The van der Waals surface area contributed by atoms with Crippen molar-refractivity contribution in [2.45, 2.75) is 13.5 Å². The molecule has 0 spiro atoms. The van der Waals surface area contributed by atoms with Gasteiger partial charge < -0.3 is 13.9 Å². The molecule has 0 N–H and O–H groups in total. The van der Waals surface area contributed by atoms with E-state index < -0.39 is 0 Å². The van der Waals surface area contributed by atoms with Crippen LogP contribution in [0.25, 0.3) is 22.1 Å². The minimum atomic E-state index is -0.0330. The fourth-order valence-corrected chi connectivity index (χ4v) is 4.45. The van der Waals surface area contributed by atoms with Crippen molar-refractivity contribution in [3.05, 3.63) is 63.0 Å². The first kappa shape index (κ1) is 20.5. The largest absolute Gasteiger partial charge is 0.478 e. The van der Waals surface area contributed by atoms with Crippen molar-refractivity contribution < 1.29 is 13.9 Å². The lowest BCUT2D eigenvalue weighted by Crippen LogP contribution is -2.43. The van der Waals surface area contributed by atoms with Crippen LogP contribution in [0.1, 0.15) is 11.3 Å². The number of aryl methyl sites for hydroxylation is 1. The summed E-state index contributed by atoms with van der Waals surface area (Å²) in [4.78, 5) is 18.0. The van der Waals surface area contributed by atoms with Crippen molar-refractivity contribution in [3.63, 3.8) is 0 Å². The van der Waals surface area contributed by atoms with Crippen LogP contribution < -0.4 is 10.2 Å². The number of benzene rings is 2. The molecule has 31 heavy (non-hydrogen) atoms. The summed E-state index contributed by atoms with van der Waals surface area (Å²) in [7, 11) is 0. The van der Waals surface area contributed by atoms with Gasteiger partial charge in [0.15, 0.2) is 0 Å². The molecule has 1 saturated heterocycles. The molecule has 3 heterocycles. The zero-order valence-corrected chi connectivity index (χ0v) is 18.3. The molecule has 1 aromatic heterocycles. The van der Waals surface area contributed by atoms with Gasteiger partial charge in [0.05, 0.1) is 29.7 Å². The SMILES string of the molecule is Cc1oc2c3c(ccc2c(=O)c1-c1ccc(Cl)cc1)OCN(CCN1CCOCC1)C3. The van der Waals surface area contributed by atoms with E-state index in [-0.39, 0.29) is 5.43 Å².